The smallest absolute Gasteiger partial charge is 0.321 e. The van der Waals surface area contributed by atoms with Crippen LogP contribution >= 0.6 is 0 Å². The van der Waals surface area contributed by atoms with Crippen LogP contribution in [0.15, 0.2) is 24.5 Å². The van der Waals surface area contributed by atoms with Gasteiger partial charge >= 0.3 is 6.03 Å². The molecule has 7 nitrogen and oxygen atoms in total. The summed E-state index contributed by atoms with van der Waals surface area (Å²) in [6.45, 7) is -0.939. The van der Waals surface area contributed by atoms with Crippen molar-refractivity contribution in [3.05, 3.63) is 30.3 Å². The Balaban J connectivity index is 2.14. The van der Waals surface area contributed by atoms with Crippen molar-refractivity contribution in [1.29, 1.82) is 0 Å². The third-order valence-electron chi connectivity index (χ3n) is 2.93. The SMILES string of the molecule is COc1cc(OC)c(NC(=O)NC2(CF)C=CON2)cc1F. The van der Waals surface area contributed by atoms with Gasteiger partial charge in [-0.25, -0.2) is 13.6 Å². The van der Waals surface area contributed by atoms with E-state index in [4.69, 9.17) is 9.47 Å². The van der Waals surface area contributed by atoms with Crippen LogP contribution in [-0.2, 0) is 4.84 Å². The highest BCUT2D eigenvalue weighted by molar-refractivity contribution is 5.91. The molecule has 3 N–H and O–H groups in total. The van der Waals surface area contributed by atoms with E-state index < -0.39 is 24.2 Å². The Bertz CT molecular complexity index is 597. The van der Waals surface area contributed by atoms with E-state index in [1.54, 1.807) is 0 Å². The summed E-state index contributed by atoms with van der Waals surface area (Å²) in [5.74, 6) is -0.522. The lowest BCUT2D eigenvalue weighted by atomic mass is 10.2. The summed E-state index contributed by atoms with van der Waals surface area (Å²) in [6.07, 6.45) is 2.51. The van der Waals surface area contributed by atoms with Gasteiger partial charge in [-0.3, -0.25) is 0 Å². The average Bonchev–Trinajstić information content (AvgIpc) is 2.96. The lowest BCUT2D eigenvalue weighted by Gasteiger charge is -2.24. The summed E-state index contributed by atoms with van der Waals surface area (Å²) in [7, 11) is 2.66. The molecule has 0 spiro atoms. The van der Waals surface area contributed by atoms with E-state index in [1.165, 1.54) is 32.6 Å². The molecule has 0 radical (unpaired) electrons. The van der Waals surface area contributed by atoms with Crippen LogP contribution in [0, 0.1) is 5.82 Å². The standard InChI is InChI=1S/C13H15F2N3O4/c1-20-10-6-11(21-2)9(5-8(10)15)16-12(19)17-13(7-14)3-4-22-18-13/h3-6,18H,7H2,1-2H3,(H2,16,17,19). The normalized spacial score (nSPS) is 19.5. The van der Waals surface area contributed by atoms with Crippen LogP contribution in [0.25, 0.3) is 0 Å². The molecule has 1 heterocycles. The minimum atomic E-state index is -1.47. The first-order chi connectivity index (χ1) is 10.5. The minimum absolute atomic E-state index is 0.0307. The number of anilines is 1. The van der Waals surface area contributed by atoms with E-state index in [1.807, 2.05) is 0 Å². The maximum Gasteiger partial charge on any atom is 0.321 e. The second-order valence-electron chi connectivity index (χ2n) is 4.39. The summed E-state index contributed by atoms with van der Waals surface area (Å²) in [4.78, 5) is 16.6. The quantitative estimate of drug-likeness (QED) is 0.770. The molecule has 1 aliphatic rings. The molecule has 1 unspecified atom stereocenters. The van der Waals surface area contributed by atoms with Crippen molar-refractivity contribution in [1.82, 2.24) is 10.8 Å². The molecule has 120 valence electrons. The number of methoxy groups -OCH3 is 2. The molecule has 2 amide bonds. The highest BCUT2D eigenvalue weighted by Gasteiger charge is 2.33. The Labute approximate surface area is 125 Å². The molecule has 0 saturated heterocycles. The molecule has 0 saturated carbocycles. The van der Waals surface area contributed by atoms with Crippen molar-refractivity contribution in [2.45, 2.75) is 5.66 Å². The van der Waals surface area contributed by atoms with Gasteiger partial charge in [0.25, 0.3) is 0 Å². The maximum atomic E-state index is 13.7. The van der Waals surface area contributed by atoms with E-state index in [2.05, 4.69) is 21.0 Å². The van der Waals surface area contributed by atoms with Crippen molar-refractivity contribution in [3.63, 3.8) is 0 Å². The Morgan fingerprint density at radius 2 is 2.09 bits per heavy atom. The van der Waals surface area contributed by atoms with Crippen molar-refractivity contribution >= 4 is 11.7 Å². The van der Waals surface area contributed by atoms with Gasteiger partial charge in [0.15, 0.2) is 17.2 Å². The van der Waals surface area contributed by atoms with Crippen LogP contribution in [0.4, 0.5) is 19.3 Å². The fourth-order valence-corrected chi connectivity index (χ4v) is 1.81. The minimum Gasteiger partial charge on any atom is -0.494 e. The van der Waals surface area contributed by atoms with Crippen LogP contribution in [0.3, 0.4) is 0 Å². The van der Waals surface area contributed by atoms with E-state index in [0.717, 1.165) is 6.07 Å². The van der Waals surface area contributed by atoms with Gasteiger partial charge in [0, 0.05) is 12.1 Å². The Hall–Kier alpha value is -2.55. The van der Waals surface area contributed by atoms with E-state index in [0.29, 0.717) is 0 Å². The van der Waals surface area contributed by atoms with Crippen LogP contribution in [0.5, 0.6) is 11.5 Å². The number of halogens is 2. The molecule has 2 rings (SSSR count). The molecule has 1 atom stereocenters. The summed E-state index contributed by atoms with van der Waals surface area (Å²) < 4.78 is 36.6. The lowest BCUT2D eigenvalue weighted by molar-refractivity contribution is 0.0724. The fraction of sp³-hybridized carbons (Fsp3) is 0.308. The number of nitrogens with one attached hydrogen (secondary N) is 3. The van der Waals surface area contributed by atoms with Gasteiger partial charge in [0.1, 0.15) is 18.7 Å². The third kappa shape index (κ3) is 3.19. The number of ether oxygens (including phenoxy) is 2. The molecule has 1 aliphatic heterocycles. The number of hydroxylamine groups is 1. The van der Waals surface area contributed by atoms with Crippen molar-refractivity contribution in [2.75, 3.05) is 26.2 Å². The monoisotopic (exact) mass is 315 g/mol. The van der Waals surface area contributed by atoms with Crippen LogP contribution in [-0.4, -0.2) is 32.6 Å². The van der Waals surface area contributed by atoms with Gasteiger partial charge in [-0.2, -0.15) is 0 Å². The van der Waals surface area contributed by atoms with Crippen LogP contribution < -0.4 is 25.6 Å². The third-order valence-corrected chi connectivity index (χ3v) is 2.93. The molecule has 0 aromatic heterocycles. The molecular formula is C13H15F2N3O4. The summed E-state index contributed by atoms with van der Waals surface area (Å²) in [5.41, 5.74) is 0.906. The second-order valence-corrected chi connectivity index (χ2v) is 4.39. The Morgan fingerprint density at radius 3 is 2.64 bits per heavy atom. The van der Waals surface area contributed by atoms with Crippen molar-refractivity contribution in [3.8, 4) is 11.5 Å². The van der Waals surface area contributed by atoms with Gasteiger partial charge in [-0.1, -0.05) is 0 Å². The predicted octanol–water partition coefficient (Wildman–Crippen LogP) is 1.68. The van der Waals surface area contributed by atoms with Gasteiger partial charge < -0.3 is 24.9 Å². The van der Waals surface area contributed by atoms with Crippen molar-refractivity contribution in [2.24, 2.45) is 0 Å². The van der Waals surface area contributed by atoms with Gasteiger partial charge in [0.05, 0.1) is 19.9 Å². The molecule has 1 aromatic carbocycles. The molecule has 0 bridgehead atoms. The molecule has 0 aliphatic carbocycles. The number of alkyl halides is 1. The summed E-state index contributed by atoms with van der Waals surface area (Å²) >= 11 is 0. The number of urea groups is 1. The van der Waals surface area contributed by atoms with Gasteiger partial charge in [-0.15, -0.1) is 5.48 Å². The fourth-order valence-electron chi connectivity index (χ4n) is 1.81. The van der Waals surface area contributed by atoms with Gasteiger partial charge in [-0.05, 0) is 6.08 Å². The number of amides is 2. The largest absolute Gasteiger partial charge is 0.494 e. The average molecular weight is 315 g/mol. The van der Waals surface area contributed by atoms with Crippen LogP contribution in [0.1, 0.15) is 0 Å². The molecule has 9 heteroatoms. The number of hydrogen-bond acceptors (Lipinski definition) is 5. The molecular weight excluding hydrogens is 300 g/mol. The highest BCUT2D eigenvalue weighted by atomic mass is 19.1. The first-order valence-electron chi connectivity index (χ1n) is 6.21. The topological polar surface area (TPSA) is 80.9 Å². The zero-order valence-corrected chi connectivity index (χ0v) is 11.9. The van der Waals surface area contributed by atoms with E-state index >= 15 is 0 Å². The van der Waals surface area contributed by atoms with Crippen molar-refractivity contribution < 1.29 is 27.9 Å². The van der Waals surface area contributed by atoms with Gasteiger partial charge in [0.2, 0.25) is 0 Å². The Kier molecular flexibility index (Phi) is 4.66. The first-order valence-corrected chi connectivity index (χ1v) is 6.21. The first kappa shape index (κ1) is 15.8. The van der Waals surface area contributed by atoms with E-state index in [9.17, 15) is 13.6 Å². The molecule has 22 heavy (non-hydrogen) atoms. The highest BCUT2D eigenvalue weighted by Crippen LogP contribution is 2.31. The van der Waals surface area contributed by atoms with Crippen LogP contribution in [0.2, 0.25) is 0 Å². The molecule has 1 aromatic rings. The zero-order chi connectivity index (χ0) is 16.2. The number of carbonyl (C=O) groups excluding carboxylic acids is 1. The molecule has 0 fully saturated rings. The lowest BCUT2D eigenvalue weighted by Crippen LogP contribution is -2.57. The second kappa shape index (κ2) is 6.48. The Morgan fingerprint density at radius 1 is 1.36 bits per heavy atom. The number of rotatable bonds is 5. The number of hydrogen-bond donors (Lipinski definition) is 3. The summed E-state index contributed by atoms with van der Waals surface area (Å²) in [6, 6.07) is 1.55. The number of carbonyl (C=O) groups is 1. The number of benzene rings is 1. The van der Waals surface area contributed by atoms with E-state index in [-0.39, 0.29) is 17.2 Å². The summed E-state index contributed by atoms with van der Waals surface area (Å²) in [5, 5.41) is 4.71. The maximum absolute atomic E-state index is 13.7. The zero-order valence-electron chi connectivity index (χ0n) is 11.9. The predicted molar refractivity (Wildman–Crippen MR) is 73.7 cm³/mol.